The first-order chi connectivity index (χ1) is 22.1. The smallest absolute Gasteiger partial charge is 0.142 e. The van der Waals surface area contributed by atoms with E-state index in [0.29, 0.717) is 41.6 Å². The van der Waals surface area contributed by atoms with Crippen molar-refractivity contribution in [1.82, 2.24) is 0 Å². The van der Waals surface area contributed by atoms with Crippen LogP contribution in [0.4, 0.5) is 11.4 Å². The van der Waals surface area contributed by atoms with E-state index in [1.807, 2.05) is 6.92 Å². The van der Waals surface area contributed by atoms with Gasteiger partial charge in [0, 0.05) is 17.7 Å². The van der Waals surface area contributed by atoms with Crippen LogP contribution < -0.4 is 16.2 Å². The lowest BCUT2D eigenvalue weighted by Gasteiger charge is -2.49. The number of anilines is 2. The Hall–Kier alpha value is -3.12. The summed E-state index contributed by atoms with van der Waals surface area (Å²) in [5, 5.41) is 0. The summed E-state index contributed by atoms with van der Waals surface area (Å²) >= 11 is 0. The summed E-state index contributed by atoms with van der Waals surface area (Å²) < 4.78 is 5.93. The van der Waals surface area contributed by atoms with Crippen LogP contribution in [0, 0.1) is 52.3 Å². The maximum atomic E-state index is 6.68. The minimum absolute atomic E-state index is 0.211. The van der Waals surface area contributed by atoms with Gasteiger partial charge in [0.05, 0.1) is 12.3 Å². The first-order valence-electron chi connectivity index (χ1n) is 18.5. The standard InChI is InChI=1S/C43H54N2O/c1-6-46-41-24-36-29(23-40(41)45)12-14-34-32(36)17-19-43(5)26(3)27(21-38(34)43)8-7-9-30-20-35-28(22-39(30)44)11-13-33-31(35)16-18-42(4)25(2)10-15-37(33)42/h20,22-24,27,31-34,37-38H,2-3,6,8,10-19,21,44-45H2,1,4-5H3/t27?,31?,32?,33?,34?,37?,38?,42-,43-/m1/s1. The van der Waals surface area contributed by atoms with Crippen molar-refractivity contribution in [2.75, 3.05) is 18.1 Å². The van der Waals surface area contributed by atoms with E-state index in [9.17, 15) is 0 Å². The van der Waals surface area contributed by atoms with E-state index in [-0.39, 0.29) is 5.41 Å². The van der Waals surface area contributed by atoms with Gasteiger partial charge in [-0.15, -0.1) is 0 Å². The predicted octanol–water partition coefficient (Wildman–Crippen LogP) is 9.74. The zero-order valence-electron chi connectivity index (χ0n) is 28.5. The van der Waals surface area contributed by atoms with Crippen LogP contribution in [0.15, 0.2) is 48.6 Å². The number of ether oxygens (including phenoxy) is 1. The Morgan fingerprint density at radius 2 is 1.46 bits per heavy atom. The van der Waals surface area contributed by atoms with E-state index in [1.165, 1.54) is 85.6 Å². The molecule has 0 heterocycles. The number of rotatable bonds is 3. The van der Waals surface area contributed by atoms with E-state index in [2.05, 4.69) is 56.5 Å². The molecule has 9 atom stereocenters. The molecule has 7 unspecified atom stereocenters. The maximum Gasteiger partial charge on any atom is 0.142 e. The Morgan fingerprint density at radius 1 is 0.804 bits per heavy atom. The lowest BCUT2D eigenvalue weighted by Crippen LogP contribution is -2.40. The Labute approximate surface area is 277 Å². The van der Waals surface area contributed by atoms with Crippen LogP contribution in [-0.4, -0.2) is 6.61 Å². The van der Waals surface area contributed by atoms with Crippen LogP contribution in [0.2, 0.25) is 0 Å². The zero-order chi connectivity index (χ0) is 32.0. The lowest BCUT2D eigenvalue weighted by atomic mass is 9.55. The molecule has 242 valence electrons. The number of nitrogens with two attached hydrogens (primary N) is 2. The maximum absolute atomic E-state index is 6.68. The van der Waals surface area contributed by atoms with Gasteiger partial charge in [-0.2, -0.15) is 0 Å². The fourth-order valence-corrected chi connectivity index (χ4v) is 12.1. The molecule has 0 aromatic heterocycles. The SMILES string of the molecule is C=C1CCC2C3CCc4cc(N)c(C#CCC5CC6C7CCc8cc(N)c(OCC)cc8C7CC[C@]6(C)C5=C)cc4C3CC[C@]12C. The van der Waals surface area contributed by atoms with Gasteiger partial charge >= 0.3 is 0 Å². The fraction of sp³-hybridized carbons (Fsp3) is 0.581. The molecule has 6 aliphatic carbocycles. The van der Waals surface area contributed by atoms with Crippen molar-refractivity contribution in [3.8, 4) is 17.6 Å². The fourth-order valence-electron chi connectivity index (χ4n) is 12.1. The van der Waals surface area contributed by atoms with Crippen LogP contribution in [0.3, 0.4) is 0 Å². The van der Waals surface area contributed by atoms with Crippen LogP contribution in [0.1, 0.15) is 125 Å². The highest BCUT2D eigenvalue weighted by molar-refractivity contribution is 5.61. The van der Waals surface area contributed by atoms with Crippen LogP contribution in [-0.2, 0) is 12.8 Å². The second-order valence-corrected chi connectivity index (χ2v) is 16.5. The number of allylic oxidation sites excluding steroid dienone is 2. The average Bonchev–Trinajstić information content (AvgIpc) is 3.49. The van der Waals surface area contributed by atoms with Gasteiger partial charge in [0.25, 0.3) is 0 Å². The molecule has 4 saturated carbocycles. The largest absolute Gasteiger partial charge is 0.492 e. The van der Waals surface area contributed by atoms with Crippen LogP contribution in [0.25, 0.3) is 0 Å². The van der Waals surface area contributed by atoms with Gasteiger partial charge < -0.3 is 16.2 Å². The van der Waals surface area contributed by atoms with Crippen molar-refractivity contribution in [2.24, 2.45) is 40.4 Å². The predicted molar refractivity (Wildman–Crippen MR) is 191 cm³/mol. The van der Waals surface area contributed by atoms with Crippen molar-refractivity contribution in [3.05, 3.63) is 76.4 Å². The molecular formula is C43H54N2O. The lowest BCUT2D eigenvalue weighted by molar-refractivity contribution is 0.0808. The molecule has 2 aromatic rings. The molecule has 0 radical (unpaired) electrons. The number of hydrogen-bond acceptors (Lipinski definition) is 3. The van der Waals surface area contributed by atoms with E-state index < -0.39 is 0 Å². The molecule has 2 aromatic carbocycles. The molecule has 0 saturated heterocycles. The average molecular weight is 615 g/mol. The molecule has 3 heteroatoms. The number of fused-ring (bicyclic) bond motifs is 10. The van der Waals surface area contributed by atoms with Gasteiger partial charge in [0.2, 0.25) is 0 Å². The topological polar surface area (TPSA) is 61.3 Å². The Kier molecular flexibility index (Phi) is 7.21. The summed E-state index contributed by atoms with van der Waals surface area (Å²) in [7, 11) is 0. The second kappa shape index (κ2) is 11.0. The summed E-state index contributed by atoms with van der Waals surface area (Å²) in [4.78, 5) is 0. The Bertz CT molecular complexity index is 1670. The highest BCUT2D eigenvalue weighted by atomic mass is 16.5. The molecule has 3 nitrogen and oxygen atoms in total. The Morgan fingerprint density at radius 3 is 2.17 bits per heavy atom. The summed E-state index contributed by atoms with van der Waals surface area (Å²) in [6.07, 6.45) is 14.5. The van der Waals surface area contributed by atoms with Crippen molar-refractivity contribution < 1.29 is 4.74 Å². The molecule has 8 rings (SSSR count). The van der Waals surface area contributed by atoms with Crippen molar-refractivity contribution >= 4 is 11.4 Å². The summed E-state index contributed by atoms with van der Waals surface area (Å²) in [5.41, 5.74) is 25.2. The van der Waals surface area contributed by atoms with E-state index in [4.69, 9.17) is 22.8 Å². The van der Waals surface area contributed by atoms with E-state index in [1.54, 1.807) is 5.56 Å². The van der Waals surface area contributed by atoms with Gasteiger partial charge in [0.1, 0.15) is 5.75 Å². The zero-order valence-corrected chi connectivity index (χ0v) is 28.5. The monoisotopic (exact) mass is 614 g/mol. The first-order valence-corrected chi connectivity index (χ1v) is 18.5. The van der Waals surface area contributed by atoms with Crippen molar-refractivity contribution in [3.63, 3.8) is 0 Å². The number of aryl methyl sites for hydroxylation is 2. The quantitative estimate of drug-likeness (QED) is 0.206. The second-order valence-electron chi connectivity index (χ2n) is 16.5. The minimum atomic E-state index is 0.211. The van der Waals surface area contributed by atoms with Crippen molar-refractivity contribution in [1.29, 1.82) is 0 Å². The third kappa shape index (κ3) is 4.45. The van der Waals surface area contributed by atoms with Gasteiger partial charge in [-0.1, -0.05) is 50.0 Å². The molecule has 0 amide bonds. The summed E-state index contributed by atoms with van der Waals surface area (Å²) in [5.74, 6) is 12.8. The highest BCUT2D eigenvalue weighted by Gasteiger charge is 2.55. The van der Waals surface area contributed by atoms with Gasteiger partial charge in [-0.3, -0.25) is 0 Å². The summed E-state index contributed by atoms with van der Waals surface area (Å²) in [6.45, 7) is 17.0. The molecular weight excluding hydrogens is 560 g/mol. The highest BCUT2D eigenvalue weighted by Crippen LogP contribution is 2.65. The molecule has 4 fully saturated rings. The third-order valence-corrected chi connectivity index (χ3v) is 14.7. The van der Waals surface area contributed by atoms with Gasteiger partial charge in [0.15, 0.2) is 0 Å². The first kappa shape index (κ1) is 30.2. The van der Waals surface area contributed by atoms with Crippen molar-refractivity contribution in [2.45, 2.75) is 110 Å². The van der Waals surface area contributed by atoms with Crippen LogP contribution in [0.5, 0.6) is 5.75 Å². The van der Waals surface area contributed by atoms with Gasteiger partial charge in [-0.05, 0) is 176 Å². The molecule has 0 aliphatic heterocycles. The number of hydrogen-bond donors (Lipinski definition) is 2. The molecule has 4 N–H and O–H groups in total. The van der Waals surface area contributed by atoms with E-state index in [0.717, 1.165) is 53.8 Å². The third-order valence-electron chi connectivity index (χ3n) is 14.7. The molecule has 6 aliphatic rings. The number of nitrogen functional groups attached to an aromatic ring is 2. The minimum Gasteiger partial charge on any atom is -0.492 e. The normalized spacial score (nSPS) is 37.2. The van der Waals surface area contributed by atoms with Crippen LogP contribution >= 0.6 is 0 Å². The molecule has 46 heavy (non-hydrogen) atoms. The van der Waals surface area contributed by atoms with Gasteiger partial charge in [-0.25, -0.2) is 0 Å². The number of benzene rings is 2. The molecule has 0 bridgehead atoms. The summed E-state index contributed by atoms with van der Waals surface area (Å²) in [6, 6.07) is 9.15. The van der Waals surface area contributed by atoms with E-state index >= 15 is 0 Å². The Balaban J connectivity index is 1.01. The molecule has 0 spiro atoms.